The van der Waals surface area contributed by atoms with Gasteiger partial charge in [0, 0.05) is 5.56 Å². The average Bonchev–Trinajstić information content (AvgIpc) is 3.11. The number of aromatic hydroxyl groups is 1. The van der Waals surface area contributed by atoms with Gasteiger partial charge in [-0.25, -0.2) is 9.48 Å². The Morgan fingerprint density at radius 2 is 1.77 bits per heavy atom. The quantitative estimate of drug-likeness (QED) is 0.313. The highest BCUT2D eigenvalue weighted by molar-refractivity contribution is 5.75. The lowest BCUT2D eigenvalue weighted by molar-refractivity contribution is -0.139. The predicted molar refractivity (Wildman–Crippen MR) is 131 cm³/mol. The lowest BCUT2D eigenvalue weighted by atomic mass is 10.0. The average molecular weight is 473 g/mol. The molecule has 0 bridgehead atoms. The Morgan fingerprint density at radius 1 is 1.00 bits per heavy atom. The van der Waals surface area contributed by atoms with Crippen molar-refractivity contribution in [1.82, 2.24) is 9.78 Å². The van der Waals surface area contributed by atoms with Crippen molar-refractivity contribution in [2.45, 2.75) is 20.8 Å². The Balaban J connectivity index is 1.75. The Hall–Kier alpha value is -4.66. The molecule has 4 aromatic rings. The predicted octanol–water partition coefficient (Wildman–Crippen LogP) is 5.34. The molecule has 0 unspecified atom stereocenters. The molecule has 0 saturated carbocycles. The molecule has 9 nitrogen and oxygen atoms in total. The Labute approximate surface area is 201 Å². The summed E-state index contributed by atoms with van der Waals surface area (Å²) < 4.78 is 6.76. The zero-order valence-corrected chi connectivity index (χ0v) is 19.4. The molecule has 0 spiro atoms. The molecule has 178 valence electrons. The number of aryl methyl sites for hydroxylation is 3. The number of carboxylic acids is 1. The number of carbonyl (C=O) groups is 1. The lowest BCUT2D eigenvalue weighted by Crippen LogP contribution is -2.14. The molecule has 0 saturated heterocycles. The number of hydrogen-bond acceptors (Lipinski definition) is 6. The van der Waals surface area contributed by atoms with Crippen LogP contribution in [0.15, 0.2) is 75.7 Å². The van der Waals surface area contributed by atoms with E-state index in [1.165, 1.54) is 4.68 Å². The third-order valence-electron chi connectivity index (χ3n) is 5.57. The molecule has 3 N–H and O–H groups in total. The van der Waals surface area contributed by atoms with E-state index in [-0.39, 0.29) is 28.4 Å². The van der Waals surface area contributed by atoms with Crippen molar-refractivity contribution in [3.8, 4) is 28.3 Å². The third-order valence-corrected chi connectivity index (χ3v) is 5.57. The number of aromatic nitrogens is 2. The van der Waals surface area contributed by atoms with Crippen LogP contribution in [0.25, 0.3) is 16.8 Å². The number of para-hydroxylation sites is 1. The second-order valence-electron chi connectivity index (χ2n) is 8.08. The summed E-state index contributed by atoms with van der Waals surface area (Å²) >= 11 is 0. The van der Waals surface area contributed by atoms with Crippen molar-refractivity contribution in [1.29, 1.82) is 0 Å². The highest BCUT2D eigenvalue weighted by Crippen LogP contribution is 2.37. The van der Waals surface area contributed by atoms with Gasteiger partial charge >= 0.3 is 5.97 Å². The van der Waals surface area contributed by atoms with Crippen molar-refractivity contribution in [3.63, 3.8) is 0 Å². The normalized spacial score (nSPS) is 11.2. The topological polar surface area (TPSA) is 129 Å². The van der Waals surface area contributed by atoms with Crippen LogP contribution in [-0.2, 0) is 4.79 Å². The molecule has 1 heterocycles. The van der Waals surface area contributed by atoms with E-state index in [1.807, 2.05) is 32.0 Å². The number of phenolic OH excluding ortho intramolecular Hbond substituents is 1. The number of aliphatic carboxylic acids is 1. The summed E-state index contributed by atoms with van der Waals surface area (Å²) in [5, 5.41) is 30.6. The van der Waals surface area contributed by atoms with E-state index >= 15 is 0 Å². The molecule has 1 aromatic heterocycles. The SMILES string of the molecule is Cc1ccc(-n2[nH]c(C)c(N=Nc3cc(-c4ccccc4O)ccc3OCC(=O)O)c2=O)cc1C. The molecule has 35 heavy (non-hydrogen) atoms. The highest BCUT2D eigenvalue weighted by Gasteiger charge is 2.15. The fraction of sp³-hybridized carbons (Fsp3) is 0.154. The number of nitrogens with zero attached hydrogens (tertiary/aromatic N) is 3. The minimum atomic E-state index is -1.14. The fourth-order valence-corrected chi connectivity index (χ4v) is 3.55. The molecule has 0 aliphatic heterocycles. The number of phenols is 1. The zero-order valence-electron chi connectivity index (χ0n) is 19.4. The van der Waals surface area contributed by atoms with Crippen LogP contribution in [-0.4, -0.2) is 32.6 Å². The van der Waals surface area contributed by atoms with Crippen molar-refractivity contribution < 1.29 is 19.7 Å². The van der Waals surface area contributed by atoms with Crippen LogP contribution in [0.5, 0.6) is 11.5 Å². The maximum absolute atomic E-state index is 13.1. The number of azo groups is 1. The maximum atomic E-state index is 13.1. The molecule has 0 radical (unpaired) electrons. The van der Waals surface area contributed by atoms with Crippen LogP contribution >= 0.6 is 0 Å². The number of carboxylic acid groups (broad SMARTS) is 1. The van der Waals surface area contributed by atoms with E-state index in [2.05, 4.69) is 15.3 Å². The number of aromatic amines is 1. The van der Waals surface area contributed by atoms with E-state index in [0.717, 1.165) is 11.1 Å². The first-order valence-corrected chi connectivity index (χ1v) is 10.8. The molecular weight excluding hydrogens is 448 g/mol. The molecule has 0 atom stereocenters. The van der Waals surface area contributed by atoms with Crippen molar-refractivity contribution in [3.05, 3.63) is 87.8 Å². The highest BCUT2D eigenvalue weighted by atomic mass is 16.5. The van der Waals surface area contributed by atoms with Gasteiger partial charge in [-0.2, -0.15) is 0 Å². The number of benzene rings is 3. The monoisotopic (exact) mass is 472 g/mol. The van der Waals surface area contributed by atoms with Gasteiger partial charge in [-0.05, 0) is 67.8 Å². The molecule has 4 rings (SSSR count). The second-order valence-corrected chi connectivity index (χ2v) is 8.08. The van der Waals surface area contributed by atoms with Gasteiger partial charge in [-0.3, -0.25) is 9.89 Å². The Morgan fingerprint density at radius 3 is 2.49 bits per heavy atom. The maximum Gasteiger partial charge on any atom is 0.341 e. The van der Waals surface area contributed by atoms with Gasteiger partial charge in [0.2, 0.25) is 0 Å². The van der Waals surface area contributed by atoms with E-state index < -0.39 is 12.6 Å². The van der Waals surface area contributed by atoms with Gasteiger partial charge in [0.1, 0.15) is 17.2 Å². The number of H-pyrrole nitrogens is 1. The van der Waals surface area contributed by atoms with Crippen molar-refractivity contribution in [2.75, 3.05) is 6.61 Å². The van der Waals surface area contributed by atoms with Crippen LogP contribution in [0.2, 0.25) is 0 Å². The van der Waals surface area contributed by atoms with Crippen LogP contribution < -0.4 is 10.3 Å². The zero-order chi connectivity index (χ0) is 25.1. The smallest absolute Gasteiger partial charge is 0.341 e. The van der Waals surface area contributed by atoms with E-state index in [4.69, 9.17) is 9.84 Å². The second kappa shape index (κ2) is 9.68. The van der Waals surface area contributed by atoms with Gasteiger partial charge < -0.3 is 14.9 Å². The number of ether oxygens (including phenoxy) is 1. The van der Waals surface area contributed by atoms with Gasteiger partial charge in [-0.1, -0.05) is 30.3 Å². The molecule has 0 aliphatic rings. The molecule has 0 aliphatic carbocycles. The number of nitrogens with one attached hydrogen (secondary N) is 1. The first-order chi connectivity index (χ1) is 16.7. The van der Waals surface area contributed by atoms with Gasteiger partial charge in [0.25, 0.3) is 5.56 Å². The molecule has 3 aromatic carbocycles. The van der Waals surface area contributed by atoms with Crippen LogP contribution in [0.3, 0.4) is 0 Å². The summed E-state index contributed by atoms with van der Waals surface area (Å²) in [6.45, 7) is 5.11. The summed E-state index contributed by atoms with van der Waals surface area (Å²) in [4.78, 5) is 24.1. The Bertz CT molecular complexity index is 1500. The van der Waals surface area contributed by atoms with Crippen molar-refractivity contribution in [2.24, 2.45) is 10.2 Å². The van der Waals surface area contributed by atoms with Crippen LogP contribution in [0, 0.1) is 20.8 Å². The summed E-state index contributed by atoms with van der Waals surface area (Å²) in [7, 11) is 0. The number of hydrogen-bond donors (Lipinski definition) is 3. The number of rotatable bonds is 7. The minimum Gasteiger partial charge on any atom is -0.507 e. The van der Waals surface area contributed by atoms with E-state index in [0.29, 0.717) is 22.5 Å². The first kappa shape index (κ1) is 23.5. The van der Waals surface area contributed by atoms with Crippen LogP contribution in [0.1, 0.15) is 16.8 Å². The van der Waals surface area contributed by atoms with Crippen molar-refractivity contribution >= 4 is 17.3 Å². The lowest BCUT2D eigenvalue weighted by Gasteiger charge is -2.09. The van der Waals surface area contributed by atoms with Gasteiger partial charge in [-0.15, -0.1) is 10.2 Å². The summed E-state index contributed by atoms with van der Waals surface area (Å²) in [6, 6.07) is 17.3. The summed E-state index contributed by atoms with van der Waals surface area (Å²) in [6.07, 6.45) is 0. The fourth-order valence-electron chi connectivity index (χ4n) is 3.55. The molecular formula is C26H24N4O5. The van der Waals surface area contributed by atoms with Gasteiger partial charge in [0.05, 0.1) is 11.4 Å². The Kier molecular flexibility index (Phi) is 6.50. The molecule has 0 amide bonds. The summed E-state index contributed by atoms with van der Waals surface area (Å²) in [5.74, 6) is -0.888. The summed E-state index contributed by atoms with van der Waals surface area (Å²) in [5.41, 5.74) is 4.48. The molecule has 0 fully saturated rings. The van der Waals surface area contributed by atoms with Gasteiger partial charge in [0.15, 0.2) is 12.3 Å². The molecule has 9 heteroatoms. The first-order valence-electron chi connectivity index (χ1n) is 10.8. The van der Waals surface area contributed by atoms with E-state index in [1.54, 1.807) is 49.4 Å². The minimum absolute atomic E-state index is 0.0762. The largest absolute Gasteiger partial charge is 0.507 e. The van der Waals surface area contributed by atoms with Crippen LogP contribution in [0.4, 0.5) is 11.4 Å². The standard InChI is InChI=1S/C26H24N4O5/c1-15-8-10-19(12-16(15)2)30-26(34)25(17(3)29-30)28-27-21-13-18(20-6-4-5-7-22(20)31)9-11-23(21)35-14-24(32)33/h4-13,29,31H,14H2,1-3H3,(H,32,33). The third kappa shape index (κ3) is 4.98. The van der Waals surface area contributed by atoms with E-state index in [9.17, 15) is 14.7 Å².